The van der Waals surface area contributed by atoms with E-state index < -0.39 is 5.97 Å². The van der Waals surface area contributed by atoms with Crippen molar-refractivity contribution in [2.24, 2.45) is 0 Å². The van der Waals surface area contributed by atoms with Crippen LogP contribution in [0.3, 0.4) is 0 Å². The fourth-order valence-corrected chi connectivity index (χ4v) is 3.88. The molecule has 1 aromatic heterocycles. The van der Waals surface area contributed by atoms with E-state index in [0.29, 0.717) is 23.5 Å². The summed E-state index contributed by atoms with van der Waals surface area (Å²) in [4.78, 5) is 25.2. The number of fused-ring (bicyclic) bond motifs is 1. The van der Waals surface area contributed by atoms with Crippen LogP contribution in [0, 0.1) is 13.8 Å². The Bertz CT molecular complexity index is 1270. The van der Waals surface area contributed by atoms with E-state index in [-0.39, 0.29) is 12.4 Å². The molecule has 0 aliphatic carbocycles. The summed E-state index contributed by atoms with van der Waals surface area (Å²) >= 11 is 0. The SMILES string of the molecule is CCOC(=O)COc1ccc2c(c1)c(C(=O)c1ccccc1)c(C)n2-c1ccc(C)cc1. The molecule has 0 saturated heterocycles. The molecule has 3 aromatic carbocycles. The molecular formula is C27H25NO4. The normalized spacial score (nSPS) is 10.8. The van der Waals surface area contributed by atoms with Gasteiger partial charge in [0.15, 0.2) is 12.4 Å². The van der Waals surface area contributed by atoms with Crippen molar-refractivity contribution in [2.75, 3.05) is 13.2 Å². The lowest BCUT2D eigenvalue weighted by molar-refractivity contribution is -0.145. The molecule has 0 radical (unpaired) electrons. The number of aryl methyl sites for hydroxylation is 1. The number of benzene rings is 3. The van der Waals surface area contributed by atoms with Gasteiger partial charge < -0.3 is 14.0 Å². The average molecular weight is 428 g/mol. The first-order chi connectivity index (χ1) is 15.5. The van der Waals surface area contributed by atoms with E-state index in [1.807, 2.05) is 74.5 Å². The molecule has 0 N–H and O–H groups in total. The average Bonchev–Trinajstić information content (AvgIpc) is 3.09. The standard InChI is InChI=1S/C27H25NO4/c1-4-31-25(29)17-32-22-14-15-24-23(16-22)26(27(30)20-8-6-5-7-9-20)19(3)28(24)21-12-10-18(2)11-13-21/h5-16H,4,17H2,1-3H3. The van der Waals surface area contributed by atoms with Crippen LogP contribution in [0.4, 0.5) is 0 Å². The highest BCUT2D eigenvalue weighted by atomic mass is 16.6. The molecule has 5 nitrogen and oxygen atoms in total. The van der Waals surface area contributed by atoms with E-state index in [9.17, 15) is 9.59 Å². The lowest BCUT2D eigenvalue weighted by atomic mass is 10.0. The first kappa shape index (κ1) is 21.4. The van der Waals surface area contributed by atoms with Gasteiger partial charge in [-0.3, -0.25) is 4.79 Å². The molecule has 0 unspecified atom stereocenters. The molecule has 5 heteroatoms. The highest BCUT2D eigenvalue weighted by Crippen LogP contribution is 2.33. The van der Waals surface area contributed by atoms with Crippen LogP contribution in [0.2, 0.25) is 0 Å². The first-order valence-corrected chi connectivity index (χ1v) is 10.6. The first-order valence-electron chi connectivity index (χ1n) is 10.6. The second-order valence-electron chi connectivity index (χ2n) is 7.60. The van der Waals surface area contributed by atoms with Gasteiger partial charge in [0, 0.05) is 22.3 Å². The zero-order chi connectivity index (χ0) is 22.7. The Hall–Kier alpha value is -3.86. The smallest absolute Gasteiger partial charge is 0.344 e. The molecule has 0 amide bonds. The molecule has 0 saturated carbocycles. The summed E-state index contributed by atoms with van der Waals surface area (Å²) < 4.78 is 12.7. The van der Waals surface area contributed by atoms with Gasteiger partial charge >= 0.3 is 5.97 Å². The van der Waals surface area contributed by atoms with Gasteiger partial charge in [-0.25, -0.2) is 4.79 Å². The predicted molar refractivity (Wildman–Crippen MR) is 125 cm³/mol. The maximum absolute atomic E-state index is 13.5. The third kappa shape index (κ3) is 4.14. The molecule has 1 heterocycles. The maximum Gasteiger partial charge on any atom is 0.344 e. The molecule has 0 aliphatic rings. The molecule has 0 spiro atoms. The summed E-state index contributed by atoms with van der Waals surface area (Å²) in [6.45, 7) is 5.87. The van der Waals surface area contributed by atoms with E-state index in [4.69, 9.17) is 9.47 Å². The van der Waals surface area contributed by atoms with Crippen molar-refractivity contribution >= 4 is 22.7 Å². The van der Waals surface area contributed by atoms with Crippen molar-refractivity contribution < 1.29 is 19.1 Å². The van der Waals surface area contributed by atoms with Crippen LogP contribution in [-0.2, 0) is 9.53 Å². The number of hydrogen-bond donors (Lipinski definition) is 0. The van der Waals surface area contributed by atoms with Crippen LogP contribution in [0.1, 0.15) is 34.1 Å². The Morgan fingerprint density at radius 3 is 2.31 bits per heavy atom. The quantitative estimate of drug-likeness (QED) is 0.292. The van der Waals surface area contributed by atoms with Gasteiger partial charge in [0.2, 0.25) is 0 Å². The monoisotopic (exact) mass is 427 g/mol. The van der Waals surface area contributed by atoms with Gasteiger partial charge in [-0.05, 0) is 51.1 Å². The topological polar surface area (TPSA) is 57.5 Å². The summed E-state index contributed by atoms with van der Waals surface area (Å²) in [6, 6.07) is 23.0. The van der Waals surface area contributed by atoms with Crippen molar-refractivity contribution in [3.63, 3.8) is 0 Å². The molecule has 0 atom stereocenters. The van der Waals surface area contributed by atoms with E-state index in [1.165, 1.54) is 0 Å². The van der Waals surface area contributed by atoms with Crippen molar-refractivity contribution in [1.29, 1.82) is 0 Å². The molecule has 4 rings (SSSR count). The van der Waals surface area contributed by atoms with Crippen LogP contribution < -0.4 is 4.74 Å². The molecule has 32 heavy (non-hydrogen) atoms. The highest BCUT2D eigenvalue weighted by molar-refractivity contribution is 6.18. The van der Waals surface area contributed by atoms with E-state index in [0.717, 1.165) is 27.8 Å². The van der Waals surface area contributed by atoms with Gasteiger partial charge in [0.1, 0.15) is 5.75 Å². The minimum atomic E-state index is -0.429. The number of carbonyl (C=O) groups is 2. The van der Waals surface area contributed by atoms with Crippen LogP contribution in [0.15, 0.2) is 72.8 Å². The predicted octanol–water partition coefficient (Wildman–Crippen LogP) is 5.42. The summed E-state index contributed by atoms with van der Waals surface area (Å²) in [7, 11) is 0. The molecular weight excluding hydrogens is 402 g/mol. The third-order valence-electron chi connectivity index (χ3n) is 5.39. The fraction of sp³-hybridized carbons (Fsp3) is 0.185. The molecule has 4 aromatic rings. The second-order valence-corrected chi connectivity index (χ2v) is 7.60. The number of carbonyl (C=O) groups excluding carboxylic acids is 2. The van der Waals surface area contributed by atoms with Gasteiger partial charge in [-0.2, -0.15) is 0 Å². The minimum absolute atomic E-state index is 0.0542. The second kappa shape index (κ2) is 9.10. The Kier molecular flexibility index (Phi) is 6.08. The van der Waals surface area contributed by atoms with Crippen molar-refractivity contribution in [2.45, 2.75) is 20.8 Å². The summed E-state index contributed by atoms with van der Waals surface area (Å²) in [5.74, 6) is 0.0248. The van der Waals surface area contributed by atoms with Crippen LogP contribution in [0.5, 0.6) is 5.75 Å². The number of esters is 1. The molecule has 0 aliphatic heterocycles. The zero-order valence-corrected chi connectivity index (χ0v) is 18.4. The zero-order valence-electron chi connectivity index (χ0n) is 18.4. The van der Waals surface area contributed by atoms with Crippen molar-refractivity contribution in [3.05, 3.63) is 95.2 Å². The molecule has 0 fully saturated rings. The number of hydrogen-bond acceptors (Lipinski definition) is 4. The Morgan fingerprint density at radius 1 is 0.906 bits per heavy atom. The lowest BCUT2D eigenvalue weighted by Crippen LogP contribution is -2.14. The summed E-state index contributed by atoms with van der Waals surface area (Å²) in [5.41, 5.74) is 5.13. The van der Waals surface area contributed by atoms with Gasteiger partial charge in [-0.15, -0.1) is 0 Å². The third-order valence-corrected chi connectivity index (χ3v) is 5.39. The Morgan fingerprint density at radius 2 is 1.62 bits per heavy atom. The van der Waals surface area contributed by atoms with E-state index in [2.05, 4.69) is 16.7 Å². The number of nitrogens with zero attached hydrogens (tertiary/aromatic N) is 1. The number of aromatic nitrogens is 1. The minimum Gasteiger partial charge on any atom is -0.482 e. The van der Waals surface area contributed by atoms with Gasteiger partial charge in [0.25, 0.3) is 0 Å². The summed E-state index contributed by atoms with van der Waals surface area (Å²) in [5, 5.41) is 0.776. The lowest BCUT2D eigenvalue weighted by Gasteiger charge is -2.10. The highest BCUT2D eigenvalue weighted by Gasteiger charge is 2.22. The number of ketones is 1. The van der Waals surface area contributed by atoms with Crippen molar-refractivity contribution in [1.82, 2.24) is 4.57 Å². The van der Waals surface area contributed by atoms with Crippen LogP contribution in [-0.4, -0.2) is 29.5 Å². The largest absolute Gasteiger partial charge is 0.482 e. The van der Waals surface area contributed by atoms with Crippen LogP contribution >= 0.6 is 0 Å². The van der Waals surface area contributed by atoms with E-state index >= 15 is 0 Å². The van der Waals surface area contributed by atoms with Crippen molar-refractivity contribution in [3.8, 4) is 11.4 Å². The summed E-state index contributed by atoms with van der Waals surface area (Å²) in [6.07, 6.45) is 0. The Labute approximate surface area is 187 Å². The molecule has 0 bridgehead atoms. The van der Waals surface area contributed by atoms with E-state index in [1.54, 1.807) is 6.92 Å². The number of rotatable bonds is 7. The van der Waals surface area contributed by atoms with Gasteiger partial charge in [0.05, 0.1) is 17.7 Å². The fourth-order valence-electron chi connectivity index (χ4n) is 3.88. The number of ether oxygens (including phenoxy) is 2. The Balaban J connectivity index is 1.85. The van der Waals surface area contributed by atoms with Gasteiger partial charge in [-0.1, -0.05) is 48.0 Å². The molecule has 162 valence electrons. The van der Waals surface area contributed by atoms with Crippen LogP contribution in [0.25, 0.3) is 16.6 Å². The maximum atomic E-state index is 13.5.